The fourth-order valence-electron chi connectivity index (χ4n) is 2.94. The van der Waals surface area contributed by atoms with E-state index in [9.17, 15) is 18.0 Å². The minimum absolute atomic E-state index is 0.167. The van der Waals surface area contributed by atoms with E-state index in [1.54, 1.807) is 12.1 Å². The van der Waals surface area contributed by atoms with Crippen LogP contribution in [0.5, 0.6) is 0 Å². The Kier molecular flexibility index (Phi) is 4.82. The van der Waals surface area contributed by atoms with Crippen LogP contribution in [0, 0.1) is 11.8 Å². The second kappa shape index (κ2) is 6.92. The molecule has 2 aromatic rings. The van der Waals surface area contributed by atoms with Gasteiger partial charge in [-0.2, -0.15) is 0 Å². The number of amides is 1. The second-order valence-electron chi connectivity index (χ2n) is 6.48. The first kappa shape index (κ1) is 18.1. The van der Waals surface area contributed by atoms with Gasteiger partial charge in [-0.05, 0) is 29.7 Å². The Morgan fingerprint density at radius 2 is 1.69 bits per heavy atom. The fourth-order valence-corrected chi connectivity index (χ4v) is 3.61. The molecule has 0 unspecified atom stereocenters. The van der Waals surface area contributed by atoms with Crippen LogP contribution in [0.3, 0.4) is 0 Å². The molecular formula is C19H19NO5S. The van der Waals surface area contributed by atoms with E-state index >= 15 is 0 Å². The number of carbonyl (C=O) groups is 2. The molecule has 3 atom stereocenters. The molecule has 26 heavy (non-hydrogen) atoms. The molecular weight excluding hydrogens is 354 g/mol. The monoisotopic (exact) mass is 373 g/mol. The maximum Gasteiger partial charge on any atom is 0.307 e. The summed E-state index contributed by atoms with van der Waals surface area (Å²) in [7, 11) is -3.38. The number of hydrogen-bond acceptors (Lipinski definition) is 4. The summed E-state index contributed by atoms with van der Waals surface area (Å²) in [6.45, 7) is 0. The molecule has 6 nitrogen and oxygen atoms in total. The van der Waals surface area contributed by atoms with Crippen molar-refractivity contribution in [2.24, 2.45) is 11.8 Å². The Morgan fingerprint density at radius 3 is 2.27 bits per heavy atom. The summed E-state index contributed by atoms with van der Waals surface area (Å²) < 4.78 is 23.7. The van der Waals surface area contributed by atoms with E-state index in [1.807, 2.05) is 30.3 Å². The molecule has 0 bridgehead atoms. The minimum Gasteiger partial charge on any atom is -0.481 e. The highest BCUT2D eigenvalue weighted by Gasteiger charge is 2.48. The van der Waals surface area contributed by atoms with Gasteiger partial charge in [-0.15, -0.1) is 0 Å². The van der Waals surface area contributed by atoms with Crippen LogP contribution in [0.15, 0.2) is 59.5 Å². The molecule has 3 rings (SSSR count). The third-order valence-electron chi connectivity index (χ3n) is 4.48. The molecule has 0 saturated heterocycles. The lowest BCUT2D eigenvalue weighted by atomic mass is 9.98. The van der Waals surface area contributed by atoms with Crippen LogP contribution in [-0.2, 0) is 19.4 Å². The first-order valence-electron chi connectivity index (χ1n) is 8.15. The van der Waals surface area contributed by atoms with Crippen molar-refractivity contribution in [1.82, 2.24) is 5.32 Å². The molecule has 2 N–H and O–H groups in total. The van der Waals surface area contributed by atoms with E-state index in [0.717, 1.165) is 11.8 Å². The van der Waals surface area contributed by atoms with Gasteiger partial charge in [0, 0.05) is 6.26 Å². The number of hydrogen-bond donors (Lipinski definition) is 2. The van der Waals surface area contributed by atoms with Crippen molar-refractivity contribution in [2.45, 2.75) is 17.4 Å². The van der Waals surface area contributed by atoms with Crippen LogP contribution in [0.1, 0.15) is 23.6 Å². The summed E-state index contributed by atoms with van der Waals surface area (Å²) in [5.41, 5.74) is 1.42. The Bertz CT molecular complexity index is 939. The first-order chi connectivity index (χ1) is 12.3. The first-order valence-corrected chi connectivity index (χ1v) is 10.0. The Hall–Kier alpha value is -2.67. The number of benzene rings is 2. The van der Waals surface area contributed by atoms with Crippen LogP contribution < -0.4 is 5.32 Å². The quantitative estimate of drug-likeness (QED) is 0.807. The van der Waals surface area contributed by atoms with E-state index in [2.05, 4.69) is 5.32 Å². The van der Waals surface area contributed by atoms with Gasteiger partial charge in [-0.3, -0.25) is 9.59 Å². The normalized spacial score (nSPS) is 20.2. The van der Waals surface area contributed by atoms with Gasteiger partial charge in [0.2, 0.25) is 5.91 Å². The zero-order valence-electron chi connectivity index (χ0n) is 14.1. The summed E-state index contributed by atoms with van der Waals surface area (Å²) in [5.74, 6) is -2.50. The molecule has 2 aromatic carbocycles. The summed E-state index contributed by atoms with van der Waals surface area (Å²) in [6.07, 6.45) is 1.45. The topological polar surface area (TPSA) is 101 Å². The van der Waals surface area contributed by atoms with Crippen LogP contribution in [0.4, 0.5) is 0 Å². The smallest absolute Gasteiger partial charge is 0.307 e. The van der Waals surface area contributed by atoms with Crippen LogP contribution in [0.2, 0.25) is 0 Å². The van der Waals surface area contributed by atoms with Crippen molar-refractivity contribution in [1.29, 1.82) is 0 Å². The number of nitrogens with one attached hydrogen (secondary N) is 1. The maximum atomic E-state index is 12.5. The zero-order chi connectivity index (χ0) is 18.9. The molecule has 0 aliphatic heterocycles. The van der Waals surface area contributed by atoms with Crippen LogP contribution in [0.25, 0.3) is 0 Å². The summed E-state index contributed by atoms with van der Waals surface area (Å²) in [6, 6.07) is 15.0. The molecule has 136 valence electrons. The highest BCUT2D eigenvalue weighted by Crippen LogP contribution is 2.39. The van der Waals surface area contributed by atoms with E-state index in [4.69, 9.17) is 5.11 Å². The van der Waals surface area contributed by atoms with Crippen molar-refractivity contribution >= 4 is 21.7 Å². The Labute approximate surface area is 151 Å². The highest BCUT2D eigenvalue weighted by atomic mass is 32.2. The SMILES string of the molecule is CS(=O)(=O)c1cccc([C@H](NC(=O)[C@@H]2C[C@H]2C(=O)O)c2ccccc2)c1. The van der Waals surface area contributed by atoms with Crippen molar-refractivity contribution in [3.8, 4) is 0 Å². The standard InChI is InChI=1S/C19H19NO5S/c1-26(24,25)14-9-5-8-13(10-14)17(12-6-3-2-4-7-12)20-18(21)15-11-16(15)19(22)23/h2-10,15-17H,11H2,1H3,(H,20,21)(H,22,23)/t15-,16-,17-/m1/s1. The minimum atomic E-state index is -3.38. The van der Waals surface area contributed by atoms with E-state index < -0.39 is 33.7 Å². The molecule has 1 saturated carbocycles. The van der Waals surface area contributed by atoms with Crippen LogP contribution in [-0.4, -0.2) is 31.7 Å². The molecule has 1 fully saturated rings. The Morgan fingerprint density at radius 1 is 1.04 bits per heavy atom. The number of carboxylic acids is 1. The van der Waals surface area contributed by atoms with Crippen molar-refractivity contribution < 1.29 is 23.1 Å². The second-order valence-corrected chi connectivity index (χ2v) is 8.50. The molecule has 0 radical (unpaired) electrons. The van der Waals surface area contributed by atoms with Gasteiger partial charge in [0.05, 0.1) is 22.8 Å². The summed E-state index contributed by atoms with van der Waals surface area (Å²) >= 11 is 0. The van der Waals surface area contributed by atoms with Gasteiger partial charge in [0.15, 0.2) is 9.84 Å². The van der Waals surface area contributed by atoms with Gasteiger partial charge in [0.1, 0.15) is 0 Å². The molecule has 1 amide bonds. The lowest BCUT2D eigenvalue weighted by molar-refractivity contribution is -0.140. The molecule has 0 heterocycles. The van der Waals surface area contributed by atoms with E-state index in [1.165, 1.54) is 12.1 Å². The average Bonchev–Trinajstić information content (AvgIpc) is 3.41. The molecule has 1 aliphatic rings. The van der Waals surface area contributed by atoms with E-state index in [-0.39, 0.29) is 10.8 Å². The summed E-state index contributed by atoms with van der Waals surface area (Å²) in [4.78, 5) is 23.6. The zero-order valence-corrected chi connectivity index (χ0v) is 14.9. The lowest BCUT2D eigenvalue weighted by Crippen LogP contribution is -2.31. The van der Waals surface area contributed by atoms with Gasteiger partial charge in [-0.1, -0.05) is 42.5 Å². The average molecular weight is 373 g/mol. The predicted molar refractivity (Wildman–Crippen MR) is 95.2 cm³/mol. The predicted octanol–water partition coefficient (Wildman–Crippen LogP) is 2.02. The lowest BCUT2D eigenvalue weighted by Gasteiger charge is -2.20. The largest absolute Gasteiger partial charge is 0.481 e. The number of rotatable bonds is 6. The van der Waals surface area contributed by atoms with Crippen molar-refractivity contribution in [3.63, 3.8) is 0 Å². The van der Waals surface area contributed by atoms with Crippen molar-refractivity contribution in [2.75, 3.05) is 6.26 Å². The van der Waals surface area contributed by atoms with Gasteiger partial charge >= 0.3 is 5.97 Å². The Balaban J connectivity index is 1.93. The van der Waals surface area contributed by atoms with E-state index in [0.29, 0.717) is 12.0 Å². The third-order valence-corrected chi connectivity index (χ3v) is 5.59. The van der Waals surface area contributed by atoms with Crippen LogP contribution >= 0.6 is 0 Å². The number of aliphatic carboxylic acids is 1. The van der Waals surface area contributed by atoms with Gasteiger partial charge in [-0.25, -0.2) is 8.42 Å². The number of carboxylic acid groups (broad SMARTS) is 1. The number of carbonyl (C=O) groups excluding carboxylic acids is 1. The maximum absolute atomic E-state index is 12.5. The van der Waals surface area contributed by atoms with Crippen molar-refractivity contribution in [3.05, 3.63) is 65.7 Å². The molecule has 0 spiro atoms. The summed E-state index contributed by atoms with van der Waals surface area (Å²) in [5, 5.41) is 11.9. The number of sulfone groups is 1. The molecule has 0 aromatic heterocycles. The molecule has 1 aliphatic carbocycles. The van der Waals surface area contributed by atoms with Gasteiger partial charge < -0.3 is 10.4 Å². The molecule has 7 heteroatoms. The third kappa shape index (κ3) is 3.94. The highest BCUT2D eigenvalue weighted by molar-refractivity contribution is 7.90. The fraction of sp³-hybridized carbons (Fsp3) is 0.263. The van der Waals surface area contributed by atoms with Gasteiger partial charge in [0.25, 0.3) is 0 Å².